The zero-order chi connectivity index (χ0) is 9.40. The van der Waals surface area contributed by atoms with Gasteiger partial charge < -0.3 is 0 Å². The van der Waals surface area contributed by atoms with Crippen LogP contribution < -0.4 is 0 Å². The lowest BCUT2D eigenvalue weighted by atomic mass is 10.3. The highest BCUT2D eigenvalue weighted by Crippen LogP contribution is 2.05. The Balaban J connectivity index is 0.000000561. The third kappa shape index (κ3) is 4.39. The predicted molar refractivity (Wildman–Crippen MR) is 57.5 cm³/mol. The van der Waals surface area contributed by atoms with Crippen LogP contribution in [0.3, 0.4) is 0 Å². The van der Waals surface area contributed by atoms with Gasteiger partial charge in [0.1, 0.15) is 0 Å². The molecule has 1 heterocycles. The van der Waals surface area contributed by atoms with Crippen LogP contribution >= 0.6 is 11.8 Å². The van der Waals surface area contributed by atoms with Crippen molar-refractivity contribution in [2.24, 2.45) is 0 Å². The fraction of sp³-hybridized carbons (Fsp3) is 0.500. The first-order valence-electron chi connectivity index (χ1n) is 4.23. The van der Waals surface area contributed by atoms with E-state index in [4.69, 9.17) is 0 Å². The zero-order valence-corrected chi connectivity index (χ0v) is 9.11. The van der Waals surface area contributed by atoms with Crippen LogP contribution in [0.15, 0.2) is 18.3 Å². The van der Waals surface area contributed by atoms with Crippen molar-refractivity contribution in [3.8, 4) is 0 Å². The van der Waals surface area contributed by atoms with E-state index in [1.807, 2.05) is 20.0 Å². The summed E-state index contributed by atoms with van der Waals surface area (Å²) in [6.07, 6.45) is 3.99. The Labute approximate surface area is 79.6 Å². The number of hydrogen-bond donors (Lipinski definition) is 0. The van der Waals surface area contributed by atoms with Gasteiger partial charge in [-0.2, -0.15) is 11.8 Å². The van der Waals surface area contributed by atoms with Crippen LogP contribution in [-0.2, 0) is 5.75 Å². The molecule has 0 saturated heterocycles. The lowest BCUT2D eigenvalue weighted by Gasteiger charge is -1.96. The monoisotopic (exact) mass is 183 g/mol. The molecule has 2 heteroatoms. The fourth-order valence-corrected chi connectivity index (χ4v) is 1.20. The Kier molecular flexibility index (Phi) is 6.87. The van der Waals surface area contributed by atoms with Crippen LogP contribution in [0.5, 0.6) is 0 Å². The Bertz CT molecular complexity index is 193. The van der Waals surface area contributed by atoms with Gasteiger partial charge in [0.2, 0.25) is 0 Å². The maximum absolute atomic E-state index is 4.25. The lowest BCUT2D eigenvalue weighted by Crippen LogP contribution is -1.85. The summed E-state index contributed by atoms with van der Waals surface area (Å²) in [5, 5.41) is 0. The molecule has 0 aromatic carbocycles. The van der Waals surface area contributed by atoms with E-state index in [0.29, 0.717) is 0 Å². The number of thioether (sulfide) groups is 1. The van der Waals surface area contributed by atoms with Crippen molar-refractivity contribution in [3.05, 3.63) is 29.6 Å². The van der Waals surface area contributed by atoms with Gasteiger partial charge in [-0.1, -0.05) is 19.9 Å². The minimum Gasteiger partial charge on any atom is -0.260 e. The number of aryl methyl sites for hydroxylation is 1. The third-order valence-electron chi connectivity index (χ3n) is 1.26. The summed E-state index contributed by atoms with van der Waals surface area (Å²) in [6, 6.07) is 4.17. The molecule has 0 bridgehead atoms. The molecule has 0 aliphatic carbocycles. The molecular weight excluding hydrogens is 166 g/mol. The van der Waals surface area contributed by atoms with Crippen LogP contribution in [-0.4, -0.2) is 11.2 Å². The maximum Gasteiger partial charge on any atom is 0.0502 e. The summed E-state index contributed by atoms with van der Waals surface area (Å²) in [6.45, 7) is 6.05. The molecule has 0 fully saturated rings. The Morgan fingerprint density at radius 3 is 2.42 bits per heavy atom. The molecule has 0 atom stereocenters. The molecule has 0 spiro atoms. The molecule has 0 radical (unpaired) electrons. The van der Waals surface area contributed by atoms with E-state index >= 15 is 0 Å². The second kappa shape index (κ2) is 7.17. The number of nitrogens with zero attached hydrogens (tertiary/aromatic N) is 1. The van der Waals surface area contributed by atoms with Crippen LogP contribution in [0, 0.1) is 6.92 Å². The van der Waals surface area contributed by atoms with Gasteiger partial charge in [-0.25, -0.2) is 0 Å². The van der Waals surface area contributed by atoms with Crippen molar-refractivity contribution in [1.29, 1.82) is 0 Å². The second-order valence-corrected chi connectivity index (χ2v) is 3.13. The van der Waals surface area contributed by atoms with Gasteiger partial charge in [-0.05, 0) is 24.8 Å². The molecule has 0 aliphatic heterocycles. The molecule has 1 rings (SSSR count). The highest BCUT2D eigenvalue weighted by molar-refractivity contribution is 7.97. The number of pyridine rings is 1. The van der Waals surface area contributed by atoms with Crippen molar-refractivity contribution in [1.82, 2.24) is 4.98 Å². The Morgan fingerprint density at radius 2 is 2.00 bits per heavy atom. The van der Waals surface area contributed by atoms with Gasteiger partial charge in [0.05, 0.1) is 5.69 Å². The van der Waals surface area contributed by atoms with Crippen molar-refractivity contribution < 1.29 is 0 Å². The molecule has 12 heavy (non-hydrogen) atoms. The van der Waals surface area contributed by atoms with Crippen LogP contribution in [0.4, 0.5) is 0 Å². The molecule has 0 unspecified atom stereocenters. The van der Waals surface area contributed by atoms with Gasteiger partial charge in [-0.3, -0.25) is 4.98 Å². The summed E-state index contributed by atoms with van der Waals surface area (Å²) in [5.41, 5.74) is 2.39. The molecule has 1 nitrogen and oxygen atoms in total. The molecule has 0 N–H and O–H groups in total. The average molecular weight is 183 g/mol. The quantitative estimate of drug-likeness (QED) is 0.698. The van der Waals surface area contributed by atoms with E-state index in [0.717, 1.165) is 11.4 Å². The van der Waals surface area contributed by atoms with E-state index in [1.54, 1.807) is 11.8 Å². The Hall–Kier alpha value is -0.500. The van der Waals surface area contributed by atoms with Crippen molar-refractivity contribution in [2.75, 3.05) is 6.26 Å². The molecule has 68 valence electrons. The minimum absolute atomic E-state index is 1.01. The molecule has 0 aliphatic rings. The molecule has 1 aromatic heterocycles. The van der Waals surface area contributed by atoms with Gasteiger partial charge >= 0.3 is 0 Å². The largest absolute Gasteiger partial charge is 0.260 e. The number of hydrogen-bond acceptors (Lipinski definition) is 2. The van der Waals surface area contributed by atoms with E-state index < -0.39 is 0 Å². The summed E-state index contributed by atoms with van der Waals surface area (Å²) in [5.74, 6) is 1.01. The smallest absolute Gasteiger partial charge is 0.0502 e. The fourth-order valence-electron chi connectivity index (χ4n) is 0.732. The van der Waals surface area contributed by atoms with Crippen LogP contribution in [0.1, 0.15) is 25.1 Å². The number of aromatic nitrogens is 1. The van der Waals surface area contributed by atoms with Crippen molar-refractivity contribution >= 4 is 11.8 Å². The van der Waals surface area contributed by atoms with Gasteiger partial charge in [0, 0.05) is 11.9 Å². The maximum atomic E-state index is 4.25. The second-order valence-electron chi connectivity index (χ2n) is 2.26. The third-order valence-corrected chi connectivity index (χ3v) is 1.85. The highest BCUT2D eigenvalue weighted by Gasteiger charge is 1.89. The van der Waals surface area contributed by atoms with Gasteiger partial charge in [-0.15, -0.1) is 0 Å². The summed E-state index contributed by atoms with van der Waals surface area (Å²) in [7, 11) is 0. The topological polar surface area (TPSA) is 12.9 Å². The van der Waals surface area contributed by atoms with E-state index in [2.05, 4.69) is 30.3 Å². The first kappa shape index (κ1) is 11.5. The average Bonchev–Trinajstić information content (AvgIpc) is 2.13. The standard InChI is InChI=1S/C8H11NS.C2H6/c1-7-3-4-8(6-10-2)9-5-7;1-2/h3-5H,6H2,1-2H3;1-2H3. The normalized spacial score (nSPS) is 8.67. The van der Waals surface area contributed by atoms with Crippen molar-refractivity contribution in [3.63, 3.8) is 0 Å². The zero-order valence-electron chi connectivity index (χ0n) is 8.29. The summed E-state index contributed by atoms with van der Waals surface area (Å²) < 4.78 is 0. The molecule has 1 aromatic rings. The van der Waals surface area contributed by atoms with Crippen LogP contribution in [0.2, 0.25) is 0 Å². The predicted octanol–water partition coefficient (Wildman–Crippen LogP) is 3.28. The molecule has 0 amide bonds. The van der Waals surface area contributed by atoms with E-state index in [9.17, 15) is 0 Å². The van der Waals surface area contributed by atoms with Crippen LogP contribution in [0.25, 0.3) is 0 Å². The highest BCUT2D eigenvalue weighted by atomic mass is 32.2. The first-order valence-corrected chi connectivity index (χ1v) is 5.63. The lowest BCUT2D eigenvalue weighted by molar-refractivity contribution is 1.15. The van der Waals surface area contributed by atoms with Gasteiger partial charge in [0.25, 0.3) is 0 Å². The van der Waals surface area contributed by atoms with Gasteiger partial charge in [0.15, 0.2) is 0 Å². The SMILES string of the molecule is CC.CSCc1ccc(C)cn1. The first-order chi connectivity index (χ1) is 5.83. The molecule has 0 saturated carbocycles. The minimum atomic E-state index is 1.01. The Morgan fingerprint density at radius 1 is 1.33 bits per heavy atom. The van der Waals surface area contributed by atoms with E-state index in [1.165, 1.54) is 5.56 Å². The summed E-state index contributed by atoms with van der Waals surface area (Å²) in [4.78, 5) is 4.25. The van der Waals surface area contributed by atoms with Crippen molar-refractivity contribution in [2.45, 2.75) is 26.5 Å². The molecular formula is C10H17NS. The summed E-state index contributed by atoms with van der Waals surface area (Å²) >= 11 is 1.80. The number of rotatable bonds is 2. The van der Waals surface area contributed by atoms with E-state index in [-0.39, 0.29) is 0 Å².